The number of nitrogens with zero attached hydrogens (tertiary/aromatic N) is 1. The Kier molecular flexibility index (Phi) is 4.76. The Morgan fingerprint density at radius 2 is 1.95 bits per heavy atom. The van der Waals surface area contributed by atoms with Gasteiger partial charge in [-0.2, -0.15) is 0 Å². The second kappa shape index (κ2) is 6.29. The van der Waals surface area contributed by atoms with E-state index in [4.69, 9.17) is 0 Å². The smallest absolute Gasteiger partial charge is 0.338 e. The maximum Gasteiger partial charge on any atom is 0.338 e. The first-order chi connectivity index (χ1) is 8.99. The molecule has 19 heavy (non-hydrogen) atoms. The van der Waals surface area contributed by atoms with Crippen LogP contribution in [0.15, 0.2) is 24.3 Å². The summed E-state index contributed by atoms with van der Waals surface area (Å²) >= 11 is 0. The molecule has 0 bridgehead atoms. The molecule has 0 saturated carbocycles. The standard InChI is InChI=1S/C12H11NO6/c1-18-11(14)6-5-8-3-4-9(12(15)19-2)7-10(8)13(16)17/h3-7H,1-2H3/b6-5+. The molecular weight excluding hydrogens is 254 g/mol. The predicted molar refractivity (Wildman–Crippen MR) is 65.5 cm³/mol. The highest BCUT2D eigenvalue weighted by Crippen LogP contribution is 2.22. The number of ether oxygens (including phenoxy) is 2. The van der Waals surface area contributed by atoms with Crippen molar-refractivity contribution in [1.82, 2.24) is 0 Å². The van der Waals surface area contributed by atoms with E-state index in [-0.39, 0.29) is 16.8 Å². The number of esters is 2. The zero-order chi connectivity index (χ0) is 14.4. The fourth-order valence-electron chi connectivity index (χ4n) is 1.31. The van der Waals surface area contributed by atoms with Gasteiger partial charge in [0.25, 0.3) is 5.69 Å². The highest BCUT2D eigenvalue weighted by molar-refractivity contribution is 5.92. The molecule has 0 radical (unpaired) electrons. The molecule has 0 unspecified atom stereocenters. The lowest BCUT2D eigenvalue weighted by atomic mass is 10.1. The van der Waals surface area contributed by atoms with Gasteiger partial charge in [0.15, 0.2) is 0 Å². The Morgan fingerprint density at radius 1 is 1.26 bits per heavy atom. The Balaban J connectivity index is 3.19. The van der Waals surface area contributed by atoms with Crippen LogP contribution in [0.3, 0.4) is 0 Å². The molecule has 100 valence electrons. The largest absolute Gasteiger partial charge is 0.466 e. The van der Waals surface area contributed by atoms with Crippen molar-refractivity contribution < 1.29 is 24.0 Å². The van der Waals surface area contributed by atoms with Crippen LogP contribution in [0.2, 0.25) is 0 Å². The molecule has 0 heterocycles. The van der Waals surface area contributed by atoms with E-state index in [1.807, 2.05) is 0 Å². The topological polar surface area (TPSA) is 95.7 Å². The van der Waals surface area contributed by atoms with E-state index in [0.29, 0.717) is 0 Å². The van der Waals surface area contributed by atoms with Crippen molar-refractivity contribution in [3.05, 3.63) is 45.5 Å². The average Bonchev–Trinajstić information content (AvgIpc) is 2.43. The summed E-state index contributed by atoms with van der Waals surface area (Å²) in [6.07, 6.45) is 2.30. The zero-order valence-corrected chi connectivity index (χ0v) is 10.3. The fraction of sp³-hybridized carbons (Fsp3) is 0.167. The summed E-state index contributed by atoms with van der Waals surface area (Å²) in [5, 5.41) is 10.9. The minimum atomic E-state index is -0.674. The van der Waals surface area contributed by atoms with Crippen molar-refractivity contribution in [1.29, 1.82) is 0 Å². The highest BCUT2D eigenvalue weighted by atomic mass is 16.6. The van der Waals surface area contributed by atoms with Gasteiger partial charge in [0.2, 0.25) is 0 Å². The van der Waals surface area contributed by atoms with Crippen LogP contribution >= 0.6 is 0 Å². The molecular formula is C12H11NO6. The monoisotopic (exact) mass is 265 g/mol. The van der Waals surface area contributed by atoms with Crippen LogP contribution in [0.5, 0.6) is 0 Å². The molecule has 0 aliphatic heterocycles. The van der Waals surface area contributed by atoms with Crippen molar-refractivity contribution >= 4 is 23.7 Å². The average molecular weight is 265 g/mol. The molecule has 0 N–H and O–H groups in total. The van der Waals surface area contributed by atoms with Gasteiger partial charge in [-0.1, -0.05) is 0 Å². The number of nitro groups is 1. The number of methoxy groups -OCH3 is 2. The molecule has 0 saturated heterocycles. The van der Waals surface area contributed by atoms with E-state index >= 15 is 0 Å². The van der Waals surface area contributed by atoms with Crippen molar-refractivity contribution in [2.45, 2.75) is 0 Å². The van der Waals surface area contributed by atoms with Gasteiger partial charge in [0, 0.05) is 12.1 Å². The molecule has 0 aliphatic rings. The molecule has 1 aromatic rings. The molecule has 0 fully saturated rings. The van der Waals surface area contributed by atoms with Gasteiger partial charge >= 0.3 is 11.9 Å². The number of carbonyl (C=O) groups is 2. The van der Waals surface area contributed by atoms with E-state index in [9.17, 15) is 19.7 Å². The maximum atomic E-state index is 11.3. The molecule has 0 atom stereocenters. The number of nitro benzene ring substituents is 1. The van der Waals surface area contributed by atoms with Crippen molar-refractivity contribution in [2.75, 3.05) is 14.2 Å². The van der Waals surface area contributed by atoms with Crippen LogP contribution in [0, 0.1) is 10.1 Å². The molecule has 7 heteroatoms. The third-order valence-corrected chi connectivity index (χ3v) is 2.25. The van der Waals surface area contributed by atoms with Gasteiger partial charge < -0.3 is 9.47 Å². The molecule has 1 rings (SSSR count). The fourth-order valence-corrected chi connectivity index (χ4v) is 1.31. The molecule has 7 nitrogen and oxygen atoms in total. The number of hydrogen-bond acceptors (Lipinski definition) is 6. The lowest BCUT2D eigenvalue weighted by Gasteiger charge is -2.01. The van der Waals surface area contributed by atoms with Crippen LogP contribution in [-0.2, 0) is 14.3 Å². The summed E-state index contributed by atoms with van der Waals surface area (Å²) in [7, 11) is 2.38. The Labute approximate surface area is 108 Å². The maximum absolute atomic E-state index is 11.3. The molecule has 0 spiro atoms. The van der Waals surface area contributed by atoms with E-state index in [1.54, 1.807) is 0 Å². The summed E-state index contributed by atoms with van der Waals surface area (Å²) in [5.41, 5.74) is -0.0597. The highest BCUT2D eigenvalue weighted by Gasteiger charge is 2.16. The minimum absolute atomic E-state index is 0.0596. The van der Waals surface area contributed by atoms with Crippen molar-refractivity contribution in [3.8, 4) is 0 Å². The number of carbonyl (C=O) groups excluding carboxylic acids is 2. The Hall–Kier alpha value is -2.70. The van der Waals surface area contributed by atoms with Gasteiger partial charge in [-0.05, 0) is 18.2 Å². The lowest BCUT2D eigenvalue weighted by molar-refractivity contribution is -0.385. The third kappa shape index (κ3) is 3.63. The van der Waals surface area contributed by atoms with Crippen molar-refractivity contribution in [3.63, 3.8) is 0 Å². The number of hydrogen-bond donors (Lipinski definition) is 0. The normalized spacial score (nSPS) is 10.2. The first-order valence-corrected chi connectivity index (χ1v) is 5.12. The summed E-state index contributed by atoms with van der Waals surface area (Å²) in [6, 6.07) is 3.81. The minimum Gasteiger partial charge on any atom is -0.466 e. The summed E-state index contributed by atoms with van der Waals surface area (Å²) in [5.74, 6) is -1.31. The summed E-state index contributed by atoms with van der Waals surface area (Å²) < 4.78 is 8.85. The van der Waals surface area contributed by atoms with Crippen LogP contribution in [0.4, 0.5) is 5.69 Å². The molecule has 0 aliphatic carbocycles. The SMILES string of the molecule is COC(=O)/C=C/c1ccc(C(=O)OC)cc1[N+](=O)[O-]. The first-order valence-electron chi connectivity index (χ1n) is 5.12. The summed E-state index contributed by atoms with van der Waals surface area (Å²) in [6.45, 7) is 0. The van der Waals surface area contributed by atoms with Gasteiger partial charge in [0.1, 0.15) is 0 Å². The van der Waals surface area contributed by atoms with Gasteiger partial charge in [0.05, 0.1) is 30.3 Å². The van der Waals surface area contributed by atoms with Crippen molar-refractivity contribution in [2.24, 2.45) is 0 Å². The third-order valence-electron chi connectivity index (χ3n) is 2.25. The second-order valence-corrected chi connectivity index (χ2v) is 3.38. The number of rotatable bonds is 4. The Bertz CT molecular complexity index is 549. The number of benzene rings is 1. The first kappa shape index (κ1) is 14.4. The molecule has 1 aromatic carbocycles. The molecule has 0 amide bonds. The quantitative estimate of drug-likeness (QED) is 0.355. The van der Waals surface area contributed by atoms with E-state index in [0.717, 1.165) is 12.1 Å². The van der Waals surface area contributed by atoms with Crippen LogP contribution in [0.1, 0.15) is 15.9 Å². The van der Waals surface area contributed by atoms with Gasteiger partial charge in [-0.3, -0.25) is 10.1 Å². The summed E-state index contributed by atoms with van der Waals surface area (Å²) in [4.78, 5) is 32.5. The zero-order valence-electron chi connectivity index (χ0n) is 10.3. The van der Waals surface area contributed by atoms with Gasteiger partial charge in [-0.15, -0.1) is 0 Å². The van der Waals surface area contributed by atoms with E-state index in [1.165, 1.54) is 32.4 Å². The predicted octanol–water partition coefficient (Wildman–Crippen LogP) is 1.57. The van der Waals surface area contributed by atoms with Crippen LogP contribution in [-0.4, -0.2) is 31.1 Å². The van der Waals surface area contributed by atoms with Crippen LogP contribution in [0.25, 0.3) is 6.08 Å². The van der Waals surface area contributed by atoms with E-state index < -0.39 is 16.9 Å². The Morgan fingerprint density at radius 3 is 2.47 bits per heavy atom. The van der Waals surface area contributed by atoms with Crippen LogP contribution < -0.4 is 0 Å². The second-order valence-electron chi connectivity index (χ2n) is 3.38. The lowest BCUT2D eigenvalue weighted by Crippen LogP contribution is -2.03. The van der Waals surface area contributed by atoms with Gasteiger partial charge in [-0.25, -0.2) is 9.59 Å². The van der Waals surface area contributed by atoms with E-state index in [2.05, 4.69) is 9.47 Å². The molecule has 0 aromatic heterocycles.